The average Bonchev–Trinajstić information content (AvgIpc) is 3.09. The molecule has 21 heavy (non-hydrogen) atoms. The van der Waals surface area contributed by atoms with Gasteiger partial charge in [-0.15, -0.1) is 0 Å². The van der Waals surface area contributed by atoms with Crippen LogP contribution in [0.2, 0.25) is 0 Å². The van der Waals surface area contributed by atoms with E-state index >= 15 is 0 Å². The first-order valence-electron chi connectivity index (χ1n) is 7.84. The van der Waals surface area contributed by atoms with Crippen LogP contribution in [0.25, 0.3) is 0 Å². The van der Waals surface area contributed by atoms with Crippen molar-refractivity contribution in [3.63, 3.8) is 0 Å². The minimum absolute atomic E-state index is 0.107. The number of piperidine rings is 1. The highest BCUT2D eigenvalue weighted by Crippen LogP contribution is 2.30. The largest absolute Gasteiger partial charge is 0.380 e. The predicted octanol–water partition coefficient (Wildman–Crippen LogP) is 0.810. The van der Waals surface area contributed by atoms with E-state index in [1.54, 1.807) is 4.68 Å². The summed E-state index contributed by atoms with van der Waals surface area (Å²) in [4.78, 5) is 14.5. The number of rotatable bonds is 3. The van der Waals surface area contributed by atoms with Crippen LogP contribution in [-0.2, 0) is 11.8 Å². The van der Waals surface area contributed by atoms with E-state index in [2.05, 4.69) is 15.3 Å². The van der Waals surface area contributed by atoms with Crippen molar-refractivity contribution in [3.05, 3.63) is 12.4 Å². The van der Waals surface area contributed by atoms with Crippen LogP contribution in [0.5, 0.6) is 0 Å². The van der Waals surface area contributed by atoms with E-state index in [1.165, 1.54) is 0 Å². The zero-order chi connectivity index (χ0) is 14.9. The van der Waals surface area contributed by atoms with Gasteiger partial charge in [0.1, 0.15) is 5.60 Å². The lowest BCUT2D eigenvalue weighted by molar-refractivity contribution is -0.140. The van der Waals surface area contributed by atoms with Crippen LogP contribution in [0.3, 0.4) is 0 Å². The van der Waals surface area contributed by atoms with Crippen molar-refractivity contribution in [2.45, 2.75) is 50.2 Å². The molecule has 1 atom stereocenters. The van der Waals surface area contributed by atoms with Gasteiger partial charge in [-0.05, 0) is 38.5 Å². The number of carbonyl (C=O) groups excluding carboxylic acids is 1. The monoisotopic (exact) mass is 292 g/mol. The molecule has 0 bridgehead atoms. The van der Waals surface area contributed by atoms with Gasteiger partial charge in [0, 0.05) is 32.4 Å². The molecule has 1 unspecified atom stereocenters. The normalized spacial score (nSPS) is 25.0. The number of aromatic nitrogens is 2. The molecule has 1 aliphatic carbocycles. The Morgan fingerprint density at radius 2 is 2.19 bits per heavy atom. The third-order valence-corrected chi connectivity index (χ3v) is 4.67. The second-order valence-corrected chi connectivity index (χ2v) is 6.37. The van der Waals surface area contributed by atoms with E-state index in [4.69, 9.17) is 0 Å². The van der Waals surface area contributed by atoms with Gasteiger partial charge in [0.05, 0.1) is 11.9 Å². The smallest absolute Gasteiger partial charge is 0.252 e. The van der Waals surface area contributed by atoms with Crippen molar-refractivity contribution in [2.75, 3.05) is 18.0 Å². The fraction of sp³-hybridized carbons (Fsp3) is 0.733. The number of aryl methyl sites for hydroxylation is 1. The Kier molecular flexibility index (Phi) is 3.89. The summed E-state index contributed by atoms with van der Waals surface area (Å²) in [6.07, 6.45) is 8.93. The van der Waals surface area contributed by atoms with Gasteiger partial charge < -0.3 is 15.3 Å². The number of amides is 1. The molecule has 1 aromatic heterocycles. The standard InChI is InChI=1S/C15H24N4O2/c1-18-11-13(9-16-18)19-8-4-5-12(10-19)17-14(20)15(21)6-2-3-7-15/h9,11-12,21H,2-8,10H2,1H3,(H,17,20). The maximum Gasteiger partial charge on any atom is 0.252 e. The first-order valence-corrected chi connectivity index (χ1v) is 7.84. The molecular weight excluding hydrogens is 268 g/mol. The van der Waals surface area contributed by atoms with Crippen LogP contribution in [0.4, 0.5) is 5.69 Å². The number of aliphatic hydroxyl groups is 1. The molecule has 2 fully saturated rings. The third kappa shape index (κ3) is 3.05. The maximum atomic E-state index is 12.3. The average molecular weight is 292 g/mol. The second-order valence-electron chi connectivity index (χ2n) is 6.37. The van der Waals surface area contributed by atoms with E-state index in [9.17, 15) is 9.90 Å². The molecule has 2 aliphatic rings. The zero-order valence-corrected chi connectivity index (χ0v) is 12.6. The molecule has 2 N–H and O–H groups in total. The molecule has 0 spiro atoms. The third-order valence-electron chi connectivity index (χ3n) is 4.67. The molecule has 0 radical (unpaired) electrons. The van der Waals surface area contributed by atoms with Gasteiger partial charge in [-0.1, -0.05) is 0 Å². The predicted molar refractivity (Wildman–Crippen MR) is 80.0 cm³/mol. The molecule has 6 nitrogen and oxygen atoms in total. The van der Waals surface area contributed by atoms with Crippen molar-refractivity contribution in [3.8, 4) is 0 Å². The summed E-state index contributed by atoms with van der Waals surface area (Å²) in [6.45, 7) is 1.77. The summed E-state index contributed by atoms with van der Waals surface area (Å²) < 4.78 is 1.79. The quantitative estimate of drug-likeness (QED) is 0.865. The second kappa shape index (κ2) is 5.67. The lowest BCUT2D eigenvalue weighted by Gasteiger charge is -2.35. The number of hydrogen-bond donors (Lipinski definition) is 2. The Bertz CT molecular complexity index is 508. The zero-order valence-electron chi connectivity index (χ0n) is 12.6. The van der Waals surface area contributed by atoms with Crippen LogP contribution >= 0.6 is 0 Å². The Labute approximate surface area is 125 Å². The Morgan fingerprint density at radius 3 is 2.86 bits per heavy atom. The highest BCUT2D eigenvalue weighted by Gasteiger charge is 2.39. The topological polar surface area (TPSA) is 70.4 Å². The Morgan fingerprint density at radius 1 is 1.43 bits per heavy atom. The van der Waals surface area contributed by atoms with Crippen molar-refractivity contribution in [1.82, 2.24) is 15.1 Å². The molecule has 2 heterocycles. The van der Waals surface area contributed by atoms with Gasteiger partial charge in [0.15, 0.2) is 0 Å². The van der Waals surface area contributed by atoms with Gasteiger partial charge in [-0.3, -0.25) is 9.48 Å². The highest BCUT2D eigenvalue weighted by atomic mass is 16.3. The Hall–Kier alpha value is -1.56. The van der Waals surface area contributed by atoms with Crippen molar-refractivity contribution in [2.24, 2.45) is 7.05 Å². The minimum Gasteiger partial charge on any atom is -0.380 e. The first-order chi connectivity index (χ1) is 10.1. The van der Waals surface area contributed by atoms with Crippen LogP contribution in [0.1, 0.15) is 38.5 Å². The van der Waals surface area contributed by atoms with E-state index < -0.39 is 5.60 Å². The van der Waals surface area contributed by atoms with E-state index in [1.807, 2.05) is 19.4 Å². The van der Waals surface area contributed by atoms with E-state index in [0.29, 0.717) is 12.8 Å². The van der Waals surface area contributed by atoms with Gasteiger partial charge >= 0.3 is 0 Å². The van der Waals surface area contributed by atoms with E-state index in [0.717, 1.165) is 44.5 Å². The first kappa shape index (κ1) is 14.4. The summed E-state index contributed by atoms with van der Waals surface area (Å²) in [5, 5.41) is 17.6. The van der Waals surface area contributed by atoms with Gasteiger partial charge in [0.25, 0.3) is 5.91 Å². The van der Waals surface area contributed by atoms with Crippen molar-refractivity contribution in [1.29, 1.82) is 0 Å². The number of nitrogens with zero attached hydrogens (tertiary/aromatic N) is 3. The van der Waals surface area contributed by atoms with Gasteiger partial charge in [0.2, 0.25) is 0 Å². The fourth-order valence-corrected chi connectivity index (χ4v) is 3.41. The number of nitrogens with one attached hydrogen (secondary N) is 1. The van der Waals surface area contributed by atoms with Crippen LogP contribution < -0.4 is 10.2 Å². The summed E-state index contributed by atoms with van der Waals surface area (Å²) in [6, 6.07) is 0.107. The lowest BCUT2D eigenvalue weighted by Crippen LogP contribution is -2.53. The molecule has 1 saturated heterocycles. The van der Waals surface area contributed by atoms with Crippen molar-refractivity contribution >= 4 is 11.6 Å². The molecule has 116 valence electrons. The lowest BCUT2D eigenvalue weighted by atomic mass is 9.99. The van der Waals surface area contributed by atoms with Crippen LogP contribution in [0, 0.1) is 0 Å². The highest BCUT2D eigenvalue weighted by molar-refractivity contribution is 5.85. The molecule has 1 aliphatic heterocycles. The molecule has 1 saturated carbocycles. The fourth-order valence-electron chi connectivity index (χ4n) is 3.41. The van der Waals surface area contributed by atoms with Crippen molar-refractivity contribution < 1.29 is 9.90 Å². The number of hydrogen-bond acceptors (Lipinski definition) is 4. The van der Waals surface area contributed by atoms with Crippen LogP contribution in [0.15, 0.2) is 12.4 Å². The Balaban J connectivity index is 1.60. The SMILES string of the molecule is Cn1cc(N2CCCC(NC(=O)C3(O)CCCC3)C2)cn1. The molecule has 3 rings (SSSR count). The van der Waals surface area contributed by atoms with Crippen LogP contribution in [-0.4, -0.2) is 45.5 Å². The molecule has 1 aromatic rings. The maximum absolute atomic E-state index is 12.3. The summed E-state index contributed by atoms with van der Waals surface area (Å²) in [7, 11) is 1.91. The van der Waals surface area contributed by atoms with Gasteiger partial charge in [-0.2, -0.15) is 5.10 Å². The summed E-state index contributed by atoms with van der Waals surface area (Å²) in [5.74, 6) is -0.182. The molecule has 6 heteroatoms. The molecular formula is C15H24N4O2. The number of carbonyl (C=O) groups is 1. The summed E-state index contributed by atoms with van der Waals surface area (Å²) >= 11 is 0. The number of anilines is 1. The molecule has 0 aromatic carbocycles. The van der Waals surface area contributed by atoms with Gasteiger partial charge in [-0.25, -0.2) is 0 Å². The van der Waals surface area contributed by atoms with E-state index in [-0.39, 0.29) is 11.9 Å². The minimum atomic E-state index is -1.13. The summed E-state index contributed by atoms with van der Waals surface area (Å²) in [5.41, 5.74) is -0.0348. The molecule has 1 amide bonds.